The summed E-state index contributed by atoms with van der Waals surface area (Å²) in [5, 5.41) is 13.6. The summed E-state index contributed by atoms with van der Waals surface area (Å²) < 4.78 is 0. The molecule has 0 fully saturated rings. The Balaban J connectivity index is 1.92. The highest BCUT2D eigenvalue weighted by Crippen LogP contribution is 2.24. The van der Waals surface area contributed by atoms with E-state index >= 15 is 0 Å². The fraction of sp³-hybridized carbons (Fsp3) is 0.167. The molecule has 1 aromatic carbocycles. The molecule has 0 radical (unpaired) electrons. The van der Waals surface area contributed by atoms with Gasteiger partial charge in [-0.15, -0.1) is 10.2 Å². The van der Waals surface area contributed by atoms with Gasteiger partial charge >= 0.3 is 0 Å². The number of aromatic amines is 1. The first-order valence-corrected chi connectivity index (χ1v) is 7.86. The minimum absolute atomic E-state index is 0.311. The maximum absolute atomic E-state index is 4.45. The zero-order valence-electron chi connectivity index (χ0n) is 14.4. The van der Waals surface area contributed by atoms with E-state index in [0.29, 0.717) is 23.0 Å². The van der Waals surface area contributed by atoms with Crippen LogP contribution in [-0.4, -0.2) is 32.6 Å². The number of benzene rings is 1. The molecule has 2 aromatic heterocycles. The second-order valence-corrected chi connectivity index (χ2v) is 5.50. The molecule has 3 rings (SSSR count). The second kappa shape index (κ2) is 7.04. The quantitative estimate of drug-likeness (QED) is 0.422. The van der Waals surface area contributed by atoms with Crippen LogP contribution in [0.1, 0.15) is 19.4 Å². The summed E-state index contributed by atoms with van der Waals surface area (Å²) in [6, 6.07) is 6.03. The predicted molar refractivity (Wildman–Crippen MR) is 103 cm³/mol. The van der Waals surface area contributed by atoms with Gasteiger partial charge in [0.15, 0.2) is 5.65 Å². The molecular weight excluding hydrogens is 314 g/mol. The molecule has 0 amide bonds. The van der Waals surface area contributed by atoms with E-state index in [1.54, 1.807) is 0 Å². The monoisotopic (exact) mass is 333 g/mol. The average Bonchev–Trinajstić information content (AvgIpc) is 3.00. The predicted octanol–water partition coefficient (Wildman–Crippen LogP) is 3.76. The van der Waals surface area contributed by atoms with E-state index in [0.717, 1.165) is 22.0 Å². The van der Waals surface area contributed by atoms with Crippen molar-refractivity contribution >= 4 is 40.4 Å². The highest BCUT2D eigenvalue weighted by Gasteiger charge is 2.10. The number of rotatable bonds is 5. The molecule has 3 aromatic rings. The number of hydrogen-bond donors (Lipinski definition) is 2. The Bertz CT molecular complexity index is 1020. The van der Waals surface area contributed by atoms with Crippen LogP contribution in [-0.2, 0) is 0 Å². The van der Waals surface area contributed by atoms with Gasteiger partial charge in [0.1, 0.15) is 5.52 Å². The summed E-state index contributed by atoms with van der Waals surface area (Å²) in [6.45, 7) is 9.35. The summed E-state index contributed by atoms with van der Waals surface area (Å²) in [4.78, 5) is 11.7. The number of hydrogen-bond acceptors (Lipinski definition) is 6. The van der Waals surface area contributed by atoms with E-state index in [2.05, 4.69) is 42.4 Å². The second-order valence-electron chi connectivity index (χ2n) is 5.50. The third kappa shape index (κ3) is 3.30. The van der Waals surface area contributed by atoms with Crippen LogP contribution in [0.15, 0.2) is 52.2 Å². The Morgan fingerprint density at radius 1 is 1.32 bits per heavy atom. The molecule has 25 heavy (non-hydrogen) atoms. The van der Waals surface area contributed by atoms with Crippen LogP contribution in [0.4, 0.5) is 5.95 Å². The van der Waals surface area contributed by atoms with Gasteiger partial charge in [-0.2, -0.15) is 10.1 Å². The van der Waals surface area contributed by atoms with E-state index in [9.17, 15) is 0 Å². The number of para-hydroxylation sites is 1. The molecule has 0 atom stereocenters. The minimum atomic E-state index is 0.311. The summed E-state index contributed by atoms with van der Waals surface area (Å²) in [5.41, 5.74) is 7.72. The highest BCUT2D eigenvalue weighted by atomic mass is 15.4. The van der Waals surface area contributed by atoms with Crippen molar-refractivity contribution in [2.45, 2.75) is 20.8 Å². The molecule has 0 saturated heterocycles. The number of aliphatic imine (C=N–C) groups is 1. The summed E-state index contributed by atoms with van der Waals surface area (Å²) in [5.74, 6) is 0.311. The number of hydrazone groups is 1. The van der Waals surface area contributed by atoms with Crippen molar-refractivity contribution in [3.05, 3.63) is 47.7 Å². The SMILES string of the molecule is C=NC(=C\C=C/C)/C(C)=N\Nc1nnc2c(n1)[nH]c1c(C)cccc12. The van der Waals surface area contributed by atoms with Gasteiger partial charge in [0.2, 0.25) is 0 Å². The van der Waals surface area contributed by atoms with E-state index in [-0.39, 0.29) is 0 Å². The molecule has 0 aliphatic carbocycles. The van der Waals surface area contributed by atoms with Crippen molar-refractivity contribution < 1.29 is 0 Å². The molecule has 0 aliphatic heterocycles. The molecule has 2 N–H and O–H groups in total. The Labute approximate surface area is 145 Å². The van der Waals surface area contributed by atoms with Crippen molar-refractivity contribution in [1.29, 1.82) is 0 Å². The van der Waals surface area contributed by atoms with Gasteiger partial charge in [-0.05, 0) is 39.1 Å². The van der Waals surface area contributed by atoms with E-state index < -0.39 is 0 Å². The molecule has 126 valence electrons. The first kappa shape index (κ1) is 16.5. The van der Waals surface area contributed by atoms with E-state index in [4.69, 9.17) is 0 Å². The topological polar surface area (TPSA) is 91.2 Å². The van der Waals surface area contributed by atoms with Crippen molar-refractivity contribution in [3.63, 3.8) is 0 Å². The summed E-state index contributed by atoms with van der Waals surface area (Å²) in [6.07, 6.45) is 5.61. The molecule has 0 aliphatic rings. The fourth-order valence-corrected chi connectivity index (χ4v) is 2.46. The van der Waals surface area contributed by atoms with Crippen LogP contribution in [0.3, 0.4) is 0 Å². The van der Waals surface area contributed by atoms with Crippen LogP contribution in [0.2, 0.25) is 0 Å². The molecular formula is C18H19N7. The first-order chi connectivity index (χ1) is 12.1. The van der Waals surface area contributed by atoms with Gasteiger partial charge in [-0.1, -0.05) is 30.4 Å². The Morgan fingerprint density at radius 3 is 2.92 bits per heavy atom. The fourth-order valence-electron chi connectivity index (χ4n) is 2.46. The highest BCUT2D eigenvalue weighted by molar-refractivity contribution is 6.04. The molecule has 2 heterocycles. The van der Waals surface area contributed by atoms with Crippen molar-refractivity contribution in [3.8, 4) is 0 Å². The maximum atomic E-state index is 4.45. The Hall–Kier alpha value is -3.35. The van der Waals surface area contributed by atoms with Crippen LogP contribution in [0, 0.1) is 6.92 Å². The van der Waals surface area contributed by atoms with Crippen LogP contribution >= 0.6 is 0 Å². The van der Waals surface area contributed by atoms with Crippen LogP contribution in [0.25, 0.3) is 22.1 Å². The molecule has 0 unspecified atom stereocenters. The van der Waals surface area contributed by atoms with Crippen LogP contribution in [0.5, 0.6) is 0 Å². The van der Waals surface area contributed by atoms with Crippen molar-refractivity contribution in [1.82, 2.24) is 20.2 Å². The van der Waals surface area contributed by atoms with Crippen molar-refractivity contribution in [2.75, 3.05) is 5.43 Å². The van der Waals surface area contributed by atoms with Crippen LogP contribution < -0.4 is 5.43 Å². The lowest BCUT2D eigenvalue weighted by Gasteiger charge is -2.01. The third-order valence-corrected chi connectivity index (χ3v) is 3.77. The van der Waals surface area contributed by atoms with E-state index in [1.165, 1.54) is 0 Å². The standard InChI is InChI=1S/C18H19N7/c1-5-6-10-14(19-4)12(3)22-24-18-21-17-16(23-25-18)13-9-7-8-11(2)15(13)20-17/h5-10H,4H2,1-3H3,(H2,20,21,24,25)/b6-5-,14-10-,22-12-. The number of aromatic nitrogens is 4. The molecule has 0 spiro atoms. The number of H-pyrrole nitrogens is 1. The first-order valence-electron chi connectivity index (χ1n) is 7.86. The summed E-state index contributed by atoms with van der Waals surface area (Å²) >= 11 is 0. The third-order valence-electron chi connectivity index (χ3n) is 3.77. The lowest BCUT2D eigenvalue weighted by atomic mass is 10.1. The Kier molecular flexibility index (Phi) is 4.65. The molecule has 7 heteroatoms. The normalized spacial score (nSPS) is 13.1. The largest absolute Gasteiger partial charge is 0.337 e. The number of aryl methyl sites for hydroxylation is 1. The number of anilines is 1. The van der Waals surface area contributed by atoms with Gasteiger partial charge in [0.25, 0.3) is 5.95 Å². The number of nitrogens with one attached hydrogen (secondary N) is 2. The number of nitrogens with zero attached hydrogens (tertiary/aromatic N) is 5. The average molecular weight is 333 g/mol. The van der Waals surface area contributed by atoms with E-state index in [1.807, 2.05) is 57.2 Å². The van der Waals surface area contributed by atoms with Gasteiger partial charge in [0.05, 0.1) is 16.9 Å². The van der Waals surface area contributed by atoms with Gasteiger partial charge in [-0.25, -0.2) is 5.43 Å². The number of allylic oxidation sites excluding steroid dienone is 4. The van der Waals surface area contributed by atoms with Gasteiger partial charge in [0, 0.05) is 5.39 Å². The molecule has 0 saturated carbocycles. The molecule has 0 bridgehead atoms. The Morgan fingerprint density at radius 2 is 2.16 bits per heavy atom. The van der Waals surface area contributed by atoms with Crippen molar-refractivity contribution in [2.24, 2.45) is 10.1 Å². The van der Waals surface area contributed by atoms with Gasteiger partial charge in [-0.3, -0.25) is 4.99 Å². The van der Waals surface area contributed by atoms with Gasteiger partial charge < -0.3 is 4.98 Å². The molecule has 7 nitrogen and oxygen atoms in total. The lowest BCUT2D eigenvalue weighted by Crippen LogP contribution is -2.03. The minimum Gasteiger partial charge on any atom is -0.337 e. The zero-order valence-corrected chi connectivity index (χ0v) is 14.4. The smallest absolute Gasteiger partial charge is 0.265 e. The number of fused-ring (bicyclic) bond motifs is 3. The maximum Gasteiger partial charge on any atom is 0.265 e. The lowest BCUT2D eigenvalue weighted by molar-refractivity contribution is 1.01. The summed E-state index contributed by atoms with van der Waals surface area (Å²) in [7, 11) is 0. The zero-order chi connectivity index (χ0) is 17.8.